The van der Waals surface area contributed by atoms with Gasteiger partial charge in [-0.1, -0.05) is 19.3 Å². The maximum absolute atomic E-state index is 10.2. The molecule has 0 aromatic carbocycles. The Balaban J connectivity index is 2.88. The van der Waals surface area contributed by atoms with Crippen LogP contribution in [0, 0.1) is 0 Å². The molecule has 14 heavy (non-hydrogen) atoms. The van der Waals surface area contributed by atoms with Crippen LogP contribution in [0.5, 0.6) is 0 Å². The highest BCUT2D eigenvalue weighted by atomic mass is 35.5. The van der Waals surface area contributed by atoms with Gasteiger partial charge >= 0.3 is 5.97 Å². The number of hydrogen-bond acceptors (Lipinski definition) is 2. The Morgan fingerprint density at radius 2 is 1.71 bits per heavy atom. The molecule has 1 N–H and O–H groups in total. The van der Waals surface area contributed by atoms with E-state index >= 15 is 0 Å². The molecule has 0 aromatic rings. The van der Waals surface area contributed by atoms with Crippen molar-refractivity contribution in [3.63, 3.8) is 0 Å². The third kappa shape index (κ3) is 11.7. The summed E-state index contributed by atoms with van der Waals surface area (Å²) >= 11 is 5.43. The first kappa shape index (κ1) is 13.7. The molecule has 0 aliphatic heterocycles. The second-order valence-corrected chi connectivity index (χ2v) is 3.59. The van der Waals surface area contributed by atoms with Crippen molar-refractivity contribution in [2.45, 2.75) is 38.5 Å². The van der Waals surface area contributed by atoms with Crippen LogP contribution in [-0.4, -0.2) is 30.2 Å². The van der Waals surface area contributed by atoms with Crippen LogP contribution in [0.15, 0.2) is 0 Å². The van der Waals surface area contributed by atoms with Crippen LogP contribution in [0.2, 0.25) is 0 Å². The van der Waals surface area contributed by atoms with Crippen molar-refractivity contribution in [1.29, 1.82) is 0 Å². The first-order valence-electron chi connectivity index (χ1n) is 5.13. The van der Waals surface area contributed by atoms with Crippen molar-refractivity contribution in [3.8, 4) is 0 Å². The third-order valence-corrected chi connectivity index (χ3v) is 2.06. The number of carbonyl (C=O) groups is 1. The van der Waals surface area contributed by atoms with Gasteiger partial charge in [-0.05, 0) is 12.8 Å². The van der Waals surface area contributed by atoms with E-state index in [9.17, 15) is 4.79 Å². The average molecular weight is 223 g/mol. The van der Waals surface area contributed by atoms with Gasteiger partial charge in [0.25, 0.3) is 0 Å². The Labute approximate surface area is 90.4 Å². The number of carboxylic acid groups (broad SMARTS) is 1. The molecule has 0 atom stereocenters. The zero-order valence-corrected chi connectivity index (χ0v) is 9.26. The molecule has 0 fully saturated rings. The van der Waals surface area contributed by atoms with E-state index < -0.39 is 5.97 Å². The molecule has 0 rings (SSSR count). The van der Waals surface area contributed by atoms with Crippen molar-refractivity contribution in [2.24, 2.45) is 0 Å². The molecular weight excluding hydrogens is 204 g/mol. The van der Waals surface area contributed by atoms with E-state index in [-0.39, 0.29) is 0 Å². The highest BCUT2D eigenvalue weighted by molar-refractivity contribution is 6.17. The number of ether oxygens (including phenoxy) is 1. The molecule has 84 valence electrons. The van der Waals surface area contributed by atoms with Gasteiger partial charge in [-0.15, -0.1) is 11.6 Å². The Hall–Kier alpha value is -0.280. The molecule has 0 heterocycles. The van der Waals surface area contributed by atoms with Gasteiger partial charge in [-0.25, -0.2) is 0 Å². The number of rotatable bonds is 10. The van der Waals surface area contributed by atoms with Gasteiger partial charge in [0, 0.05) is 18.9 Å². The lowest BCUT2D eigenvalue weighted by molar-refractivity contribution is -0.137. The topological polar surface area (TPSA) is 46.5 Å². The van der Waals surface area contributed by atoms with Crippen LogP contribution >= 0.6 is 11.6 Å². The highest BCUT2D eigenvalue weighted by Gasteiger charge is 1.96. The van der Waals surface area contributed by atoms with Crippen molar-refractivity contribution in [1.82, 2.24) is 0 Å². The molecular formula is C10H19ClO3. The second-order valence-electron chi connectivity index (χ2n) is 3.21. The minimum absolute atomic E-state index is 0.294. The lowest BCUT2D eigenvalue weighted by atomic mass is 10.1. The standard InChI is InChI=1S/C10H19ClO3/c11-7-9-14-8-5-3-1-2-4-6-10(12)13/h1-9H2,(H,12,13). The predicted octanol–water partition coefficient (Wildman–Crippen LogP) is 2.67. The molecule has 0 radical (unpaired) electrons. The first-order valence-corrected chi connectivity index (χ1v) is 5.66. The normalized spacial score (nSPS) is 10.4. The molecule has 0 aromatic heterocycles. The maximum atomic E-state index is 10.2. The van der Waals surface area contributed by atoms with Crippen molar-refractivity contribution < 1.29 is 14.6 Å². The van der Waals surface area contributed by atoms with Gasteiger partial charge in [0.15, 0.2) is 0 Å². The van der Waals surface area contributed by atoms with Crippen LogP contribution in [0.4, 0.5) is 0 Å². The third-order valence-electron chi connectivity index (χ3n) is 1.90. The fourth-order valence-corrected chi connectivity index (χ4v) is 1.28. The molecule has 0 saturated carbocycles. The van der Waals surface area contributed by atoms with E-state index in [1.54, 1.807) is 0 Å². The SMILES string of the molecule is O=C(O)CCCCCCCOCCCl. The molecule has 0 saturated heterocycles. The van der Waals surface area contributed by atoms with E-state index in [0.29, 0.717) is 18.9 Å². The number of hydrogen-bond donors (Lipinski definition) is 1. The molecule has 0 bridgehead atoms. The zero-order chi connectivity index (χ0) is 10.6. The lowest BCUT2D eigenvalue weighted by Gasteiger charge is -2.01. The molecule has 3 nitrogen and oxygen atoms in total. The summed E-state index contributed by atoms with van der Waals surface area (Å²) in [5, 5.41) is 8.38. The summed E-state index contributed by atoms with van der Waals surface area (Å²) in [5.41, 5.74) is 0. The summed E-state index contributed by atoms with van der Waals surface area (Å²) in [6.45, 7) is 1.40. The summed E-state index contributed by atoms with van der Waals surface area (Å²) in [7, 11) is 0. The van der Waals surface area contributed by atoms with E-state index in [4.69, 9.17) is 21.4 Å². The van der Waals surface area contributed by atoms with Gasteiger partial charge in [-0.3, -0.25) is 4.79 Å². The Morgan fingerprint density at radius 3 is 2.36 bits per heavy atom. The average Bonchev–Trinajstić information content (AvgIpc) is 2.15. The van der Waals surface area contributed by atoms with Crippen LogP contribution in [0.25, 0.3) is 0 Å². The van der Waals surface area contributed by atoms with Gasteiger partial charge in [-0.2, -0.15) is 0 Å². The van der Waals surface area contributed by atoms with Gasteiger partial charge in [0.05, 0.1) is 6.61 Å². The quantitative estimate of drug-likeness (QED) is 0.457. The van der Waals surface area contributed by atoms with E-state index in [0.717, 1.165) is 38.7 Å². The van der Waals surface area contributed by atoms with Crippen LogP contribution in [-0.2, 0) is 9.53 Å². The summed E-state index contributed by atoms with van der Waals surface area (Å²) in [6.07, 6.45) is 5.34. The summed E-state index contributed by atoms with van der Waals surface area (Å²) in [4.78, 5) is 10.2. The molecule has 0 spiro atoms. The number of aliphatic carboxylic acids is 1. The number of alkyl halides is 1. The van der Waals surface area contributed by atoms with Crippen LogP contribution in [0.3, 0.4) is 0 Å². The largest absolute Gasteiger partial charge is 0.481 e. The van der Waals surface area contributed by atoms with Crippen molar-refractivity contribution in [3.05, 3.63) is 0 Å². The maximum Gasteiger partial charge on any atom is 0.303 e. The molecule has 0 aliphatic carbocycles. The van der Waals surface area contributed by atoms with Crippen molar-refractivity contribution in [2.75, 3.05) is 19.1 Å². The Kier molecular flexibility index (Phi) is 10.6. The van der Waals surface area contributed by atoms with Crippen LogP contribution < -0.4 is 0 Å². The summed E-state index contributed by atoms with van der Waals surface area (Å²) < 4.78 is 5.20. The van der Waals surface area contributed by atoms with E-state index in [1.807, 2.05) is 0 Å². The zero-order valence-electron chi connectivity index (χ0n) is 8.51. The van der Waals surface area contributed by atoms with Crippen molar-refractivity contribution >= 4 is 17.6 Å². The Bertz CT molecular complexity index is 139. The summed E-state index contributed by atoms with van der Waals surface area (Å²) in [6, 6.07) is 0. The monoisotopic (exact) mass is 222 g/mol. The van der Waals surface area contributed by atoms with Crippen LogP contribution in [0.1, 0.15) is 38.5 Å². The molecule has 0 aliphatic rings. The molecule has 0 amide bonds. The highest BCUT2D eigenvalue weighted by Crippen LogP contribution is 2.05. The predicted molar refractivity (Wildman–Crippen MR) is 56.9 cm³/mol. The smallest absolute Gasteiger partial charge is 0.303 e. The minimum atomic E-state index is -0.699. The first-order chi connectivity index (χ1) is 6.77. The Morgan fingerprint density at radius 1 is 1.07 bits per heavy atom. The van der Waals surface area contributed by atoms with Gasteiger partial charge < -0.3 is 9.84 Å². The number of halogens is 1. The lowest BCUT2D eigenvalue weighted by Crippen LogP contribution is -1.98. The van der Waals surface area contributed by atoms with Gasteiger partial charge in [0.2, 0.25) is 0 Å². The fraction of sp³-hybridized carbons (Fsp3) is 0.900. The minimum Gasteiger partial charge on any atom is -0.481 e. The van der Waals surface area contributed by atoms with Gasteiger partial charge in [0.1, 0.15) is 0 Å². The van der Waals surface area contributed by atoms with E-state index in [2.05, 4.69) is 0 Å². The fourth-order valence-electron chi connectivity index (χ4n) is 1.17. The molecule has 4 heteroatoms. The number of unbranched alkanes of at least 4 members (excludes halogenated alkanes) is 4. The second kappa shape index (κ2) is 10.8. The number of carboxylic acids is 1. The molecule has 0 unspecified atom stereocenters. The van der Waals surface area contributed by atoms with E-state index in [1.165, 1.54) is 0 Å². The summed E-state index contributed by atoms with van der Waals surface area (Å²) in [5.74, 6) is -0.144.